The number of rotatable bonds is 6. The molecule has 27 heavy (non-hydrogen) atoms. The smallest absolute Gasteiger partial charge is 0.226 e. The molecular formula is C20H28ClN3O2S. The van der Waals surface area contributed by atoms with Crippen LogP contribution in [-0.2, 0) is 4.79 Å². The molecule has 1 aliphatic heterocycles. The highest BCUT2D eigenvalue weighted by atomic mass is 35.5. The summed E-state index contributed by atoms with van der Waals surface area (Å²) >= 11 is 1.45. The number of anilines is 1. The number of amides is 1. The molecule has 0 aliphatic carbocycles. The van der Waals surface area contributed by atoms with Gasteiger partial charge >= 0.3 is 0 Å². The Morgan fingerprint density at radius 3 is 3.00 bits per heavy atom. The zero-order chi connectivity index (χ0) is 18.5. The molecule has 0 spiro atoms. The van der Waals surface area contributed by atoms with E-state index in [1.165, 1.54) is 24.2 Å². The lowest BCUT2D eigenvalue weighted by Crippen LogP contribution is -2.34. The highest BCUT2D eigenvalue weighted by Crippen LogP contribution is 2.33. The molecule has 148 valence electrons. The van der Waals surface area contributed by atoms with E-state index in [1.807, 2.05) is 24.4 Å². The summed E-state index contributed by atoms with van der Waals surface area (Å²) in [6.07, 6.45) is 2.94. The highest BCUT2D eigenvalue weighted by Gasteiger charge is 2.22. The van der Waals surface area contributed by atoms with E-state index in [0.29, 0.717) is 23.4 Å². The number of hydrogen-bond donors (Lipinski definition) is 2. The first-order valence-electron chi connectivity index (χ1n) is 9.18. The number of thiazole rings is 1. The quantitative estimate of drug-likeness (QED) is 0.736. The van der Waals surface area contributed by atoms with E-state index in [2.05, 4.69) is 28.6 Å². The molecule has 5 nitrogen and oxygen atoms in total. The Kier molecular flexibility index (Phi) is 8.07. The molecule has 2 aromatic rings. The molecule has 0 saturated carbocycles. The monoisotopic (exact) mass is 409 g/mol. The second-order valence-corrected chi connectivity index (χ2v) is 7.94. The van der Waals surface area contributed by atoms with E-state index >= 15 is 0 Å². The molecule has 0 radical (unpaired) electrons. The van der Waals surface area contributed by atoms with Crippen LogP contribution in [0, 0.1) is 18.8 Å². The number of hydrogen-bond acceptors (Lipinski definition) is 5. The topological polar surface area (TPSA) is 63.2 Å². The van der Waals surface area contributed by atoms with Crippen LogP contribution in [0.1, 0.15) is 31.7 Å². The van der Waals surface area contributed by atoms with Crippen LogP contribution in [0.2, 0.25) is 0 Å². The second kappa shape index (κ2) is 10.1. The Morgan fingerprint density at radius 2 is 2.30 bits per heavy atom. The summed E-state index contributed by atoms with van der Waals surface area (Å²) in [6, 6.07) is 6.01. The van der Waals surface area contributed by atoms with Gasteiger partial charge in [-0.15, -0.1) is 23.7 Å². The van der Waals surface area contributed by atoms with Crippen molar-refractivity contribution in [2.45, 2.75) is 33.1 Å². The fraction of sp³-hybridized carbons (Fsp3) is 0.500. The van der Waals surface area contributed by atoms with Crippen molar-refractivity contribution in [3.05, 3.63) is 29.1 Å². The molecule has 1 aliphatic rings. The summed E-state index contributed by atoms with van der Waals surface area (Å²) in [7, 11) is 1.66. The van der Waals surface area contributed by atoms with Crippen molar-refractivity contribution < 1.29 is 9.53 Å². The zero-order valence-electron chi connectivity index (χ0n) is 16.1. The van der Waals surface area contributed by atoms with Crippen molar-refractivity contribution in [2.24, 2.45) is 11.8 Å². The Balaban J connectivity index is 0.00000261. The number of halogens is 1. The Morgan fingerprint density at radius 1 is 1.48 bits per heavy atom. The molecule has 2 heterocycles. The van der Waals surface area contributed by atoms with Gasteiger partial charge in [-0.2, -0.15) is 0 Å². The van der Waals surface area contributed by atoms with Gasteiger partial charge in [0.15, 0.2) is 5.13 Å². The van der Waals surface area contributed by atoms with Crippen molar-refractivity contribution in [1.82, 2.24) is 10.3 Å². The van der Waals surface area contributed by atoms with Crippen molar-refractivity contribution in [3.63, 3.8) is 0 Å². The van der Waals surface area contributed by atoms with Gasteiger partial charge < -0.3 is 15.4 Å². The van der Waals surface area contributed by atoms with Crippen molar-refractivity contribution >= 4 is 34.8 Å². The predicted molar refractivity (Wildman–Crippen MR) is 114 cm³/mol. The minimum Gasteiger partial charge on any atom is -0.496 e. The Hall–Kier alpha value is -1.63. The molecule has 2 N–H and O–H groups in total. The van der Waals surface area contributed by atoms with E-state index in [1.54, 1.807) is 7.11 Å². The average Bonchev–Trinajstić information content (AvgIpc) is 3.10. The van der Waals surface area contributed by atoms with Crippen LogP contribution >= 0.6 is 23.7 Å². The van der Waals surface area contributed by atoms with E-state index in [9.17, 15) is 4.79 Å². The van der Waals surface area contributed by atoms with E-state index in [4.69, 9.17) is 4.74 Å². The summed E-state index contributed by atoms with van der Waals surface area (Å²) in [6.45, 7) is 6.32. The maximum absolute atomic E-state index is 12.4. The van der Waals surface area contributed by atoms with Gasteiger partial charge in [0.1, 0.15) is 5.75 Å². The van der Waals surface area contributed by atoms with Crippen LogP contribution in [0.4, 0.5) is 5.13 Å². The third-order valence-corrected chi connectivity index (χ3v) is 5.79. The van der Waals surface area contributed by atoms with E-state index in [-0.39, 0.29) is 18.3 Å². The predicted octanol–water partition coefficient (Wildman–Crippen LogP) is 4.51. The van der Waals surface area contributed by atoms with Gasteiger partial charge in [0.2, 0.25) is 5.91 Å². The Bertz CT molecular complexity index is 759. The number of nitrogens with one attached hydrogen (secondary N) is 2. The first kappa shape index (κ1) is 21.7. The molecule has 0 bridgehead atoms. The van der Waals surface area contributed by atoms with Crippen molar-refractivity contribution in [1.29, 1.82) is 0 Å². The lowest BCUT2D eigenvalue weighted by atomic mass is 9.85. The first-order chi connectivity index (χ1) is 12.6. The molecule has 1 saturated heterocycles. The summed E-state index contributed by atoms with van der Waals surface area (Å²) in [5.41, 5.74) is 2.93. The maximum atomic E-state index is 12.4. The number of aryl methyl sites for hydroxylation is 1. The minimum atomic E-state index is 0. The summed E-state index contributed by atoms with van der Waals surface area (Å²) in [4.78, 5) is 17.0. The number of ether oxygens (including phenoxy) is 1. The molecule has 1 aromatic carbocycles. The van der Waals surface area contributed by atoms with Crippen LogP contribution in [0.15, 0.2) is 23.6 Å². The normalized spacial score (nSPS) is 17.7. The zero-order valence-corrected chi connectivity index (χ0v) is 17.7. The second-order valence-electron chi connectivity index (χ2n) is 7.08. The molecule has 2 unspecified atom stereocenters. The van der Waals surface area contributed by atoms with Gasteiger partial charge in [0.05, 0.1) is 12.8 Å². The van der Waals surface area contributed by atoms with Crippen LogP contribution in [0.3, 0.4) is 0 Å². The molecule has 1 aromatic heterocycles. The van der Waals surface area contributed by atoms with Crippen LogP contribution in [0.5, 0.6) is 5.75 Å². The van der Waals surface area contributed by atoms with Gasteiger partial charge in [0, 0.05) is 17.4 Å². The van der Waals surface area contributed by atoms with Gasteiger partial charge in [-0.05, 0) is 56.8 Å². The third kappa shape index (κ3) is 5.67. The molecule has 7 heteroatoms. The summed E-state index contributed by atoms with van der Waals surface area (Å²) < 4.78 is 5.44. The number of aromatic nitrogens is 1. The molecule has 1 fully saturated rings. The highest BCUT2D eigenvalue weighted by molar-refractivity contribution is 7.14. The van der Waals surface area contributed by atoms with Gasteiger partial charge in [-0.1, -0.05) is 18.6 Å². The van der Waals surface area contributed by atoms with Crippen LogP contribution in [0.25, 0.3) is 11.3 Å². The van der Waals surface area contributed by atoms with Crippen molar-refractivity contribution in [3.8, 4) is 17.0 Å². The SMILES string of the molecule is COc1ccc(C)cc1-c1csc(NC(=O)CC(C)C2CCCNC2)n1.Cl. The number of carbonyl (C=O) groups is 1. The standard InChI is InChI=1S/C20H27N3O2S.ClH/c1-13-6-7-18(25-3)16(9-13)17-12-26-20(22-17)23-19(24)10-14(2)15-5-4-8-21-11-15;/h6-7,9,12,14-15,21H,4-5,8,10-11H2,1-3H3,(H,22,23,24);1H. The van der Waals surface area contributed by atoms with Crippen LogP contribution < -0.4 is 15.4 Å². The molecular weight excluding hydrogens is 382 g/mol. The number of benzene rings is 1. The van der Waals surface area contributed by atoms with Gasteiger partial charge in [-0.25, -0.2) is 4.98 Å². The minimum absolute atomic E-state index is 0. The van der Waals surface area contributed by atoms with Gasteiger partial charge in [-0.3, -0.25) is 4.79 Å². The Labute approximate surface area is 171 Å². The lowest BCUT2D eigenvalue weighted by molar-refractivity contribution is -0.117. The summed E-state index contributed by atoms with van der Waals surface area (Å²) in [5, 5.41) is 8.98. The molecule has 3 rings (SSSR count). The molecule has 2 atom stereocenters. The van der Waals surface area contributed by atoms with Crippen molar-refractivity contribution in [2.75, 3.05) is 25.5 Å². The fourth-order valence-electron chi connectivity index (χ4n) is 3.47. The fourth-order valence-corrected chi connectivity index (χ4v) is 4.20. The lowest BCUT2D eigenvalue weighted by Gasteiger charge is -2.27. The largest absolute Gasteiger partial charge is 0.496 e. The summed E-state index contributed by atoms with van der Waals surface area (Å²) in [5.74, 6) is 1.79. The first-order valence-corrected chi connectivity index (χ1v) is 10.1. The van der Waals surface area contributed by atoms with E-state index < -0.39 is 0 Å². The molecule has 1 amide bonds. The number of nitrogens with zero attached hydrogens (tertiary/aromatic N) is 1. The number of methoxy groups -OCH3 is 1. The third-order valence-electron chi connectivity index (χ3n) is 5.03. The average molecular weight is 410 g/mol. The van der Waals surface area contributed by atoms with E-state index in [0.717, 1.165) is 35.7 Å². The number of carbonyl (C=O) groups excluding carboxylic acids is 1. The van der Waals surface area contributed by atoms with Gasteiger partial charge in [0.25, 0.3) is 0 Å². The van der Waals surface area contributed by atoms with Crippen LogP contribution in [-0.4, -0.2) is 31.1 Å². The maximum Gasteiger partial charge on any atom is 0.226 e. The number of piperidine rings is 1.